The summed E-state index contributed by atoms with van der Waals surface area (Å²) in [6, 6.07) is 2.73. The van der Waals surface area contributed by atoms with E-state index in [1.165, 1.54) is 36.8 Å². The molecule has 1 aromatic heterocycles. The van der Waals surface area contributed by atoms with Crippen LogP contribution in [0.3, 0.4) is 0 Å². The van der Waals surface area contributed by atoms with Gasteiger partial charge in [-0.3, -0.25) is 0 Å². The summed E-state index contributed by atoms with van der Waals surface area (Å²) in [4.78, 5) is 7.13. The molecular formula is C17H29N3. The summed E-state index contributed by atoms with van der Waals surface area (Å²) in [6.45, 7) is 9.52. The highest BCUT2D eigenvalue weighted by Crippen LogP contribution is 2.38. The average molecular weight is 275 g/mol. The molecule has 1 fully saturated rings. The van der Waals surface area contributed by atoms with Crippen molar-refractivity contribution < 1.29 is 0 Å². The highest BCUT2D eigenvalue weighted by molar-refractivity contribution is 5.51. The van der Waals surface area contributed by atoms with Gasteiger partial charge < -0.3 is 10.6 Å². The molecule has 1 aliphatic rings. The van der Waals surface area contributed by atoms with Crippen LogP contribution in [-0.4, -0.2) is 18.1 Å². The Labute approximate surface area is 123 Å². The molecule has 0 unspecified atom stereocenters. The van der Waals surface area contributed by atoms with E-state index in [1.54, 1.807) is 0 Å². The Hall–Kier alpha value is -1.09. The van der Waals surface area contributed by atoms with E-state index in [1.807, 2.05) is 0 Å². The lowest BCUT2D eigenvalue weighted by Gasteiger charge is -2.39. The molecule has 1 heterocycles. The van der Waals surface area contributed by atoms with Crippen LogP contribution in [0.1, 0.15) is 56.4 Å². The van der Waals surface area contributed by atoms with Crippen molar-refractivity contribution >= 4 is 5.82 Å². The molecule has 0 bridgehead atoms. The van der Waals surface area contributed by atoms with Gasteiger partial charge in [0.25, 0.3) is 0 Å². The number of aromatic nitrogens is 1. The second kappa shape index (κ2) is 5.72. The molecule has 3 nitrogen and oxygen atoms in total. The topological polar surface area (TPSA) is 42.1 Å². The summed E-state index contributed by atoms with van der Waals surface area (Å²) in [5.74, 6) is 1.09. The van der Waals surface area contributed by atoms with Gasteiger partial charge in [0, 0.05) is 30.9 Å². The predicted octanol–water partition coefficient (Wildman–Crippen LogP) is 3.56. The Bertz CT molecular complexity index is 469. The highest BCUT2D eigenvalue weighted by Gasteiger charge is 2.30. The van der Waals surface area contributed by atoms with Crippen LogP contribution in [0, 0.1) is 19.3 Å². The molecule has 1 saturated carbocycles. The van der Waals surface area contributed by atoms with Crippen LogP contribution in [0.25, 0.3) is 0 Å². The Kier molecular flexibility index (Phi) is 4.38. The molecule has 3 heteroatoms. The van der Waals surface area contributed by atoms with Gasteiger partial charge in [-0.2, -0.15) is 0 Å². The van der Waals surface area contributed by atoms with Crippen LogP contribution in [0.4, 0.5) is 5.82 Å². The molecule has 0 spiro atoms. The van der Waals surface area contributed by atoms with Gasteiger partial charge in [-0.1, -0.05) is 13.8 Å². The molecule has 20 heavy (non-hydrogen) atoms. The first-order valence-electron chi connectivity index (χ1n) is 7.74. The third kappa shape index (κ3) is 3.14. The minimum atomic E-state index is 0.504. The molecule has 0 amide bonds. The zero-order valence-corrected chi connectivity index (χ0v) is 13.7. The smallest absolute Gasteiger partial charge is 0.133 e. The minimum absolute atomic E-state index is 0.504. The Morgan fingerprint density at radius 3 is 2.45 bits per heavy atom. The van der Waals surface area contributed by atoms with E-state index >= 15 is 0 Å². The van der Waals surface area contributed by atoms with E-state index < -0.39 is 0 Å². The SMILES string of the molecule is Cc1cc(C)c(CN)c(N(C)C2CCC(C)(C)CC2)n1. The molecule has 0 radical (unpaired) electrons. The van der Waals surface area contributed by atoms with Crippen molar-refractivity contribution in [3.8, 4) is 0 Å². The monoisotopic (exact) mass is 275 g/mol. The molecule has 1 aromatic rings. The van der Waals surface area contributed by atoms with Gasteiger partial charge >= 0.3 is 0 Å². The summed E-state index contributed by atoms with van der Waals surface area (Å²) >= 11 is 0. The van der Waals surface area contributed by atoms with Gasteiger partial charge in [0.15, 0.2) is 0 Å². The summed E-state index contributed by atoms with van der Waals surface area (Å²) in [7, 11) is 2.18. The van der Waals surface area contributed by atoms with E-state index in [9.17, 15) is 0 Å². The number of pyridine rings is 1. The van der Waals surface area contributed by atoms with Crippen molar-refractivity contribution in [1.82, 2.24) is 4.98 Å². The van der Waals surface area contributed by atoms with E-state index in [0.717, 1.165) is 11.5 Å². The van der Waals surface area contributed by atoms with Crippen LogP contribution < -0.4 is 10.6 Å². The van der Waals surface area contributed by atoms with Crippen molar-refractivity contribution in [2.75, 3.05) is 11.9 Å². The Morgan fingerprint density at radius 1 is 1.30 bits per heavy atom. The zero-order chi connectivity index (χ0) is 14.9. The van der Waals surface area contributed by atoms with E-state index in [2.05, 4.69) is 45.7 Å². The van der Waals surface area contributed by atoms with Crippen LogP contribution >= 0.6 is 0 Å². The maximum atomic E-state index is 5.95. The molecule has 1 aliphatic carbocycles. The first kappa shape index (κ1) is 15.3. The zero-order valence-electron chi connectivity index (χ0n) is 13.7. The van der Waals surface area contributed by atoms with Gasteiger partial charge in [0.2, 0.25) is 0 Å². The van der Waals surface area contributed by atoms with Crippen molar-refractivity contribution in [3.63, 3.8) is 0 Å². The second-order valence-corrected chi connectivity index (χ2v) is 7.09. The average Bonchev–Trinajstić information content (AvgIpc) is 2.37. The maximum Gasteiger partial charge on any atom is 0.133 e. The quantitative estimate of drug-likeness (QED) is 0.917. The third-order valence-corrected chi connectivity index (χ3v) is 4.85. The summed E-state index contributed by atoms with van der Waals surface area (Å²) < 4.78 is 0. The number of nitrogens with zero attached hydrogens (tertiary/aromatic N) is 2. The lowest BCUT2D eigenvalue weighted by Crippen LogP contribution is -2.38. The lowest BCUT2D eigenvalue weighted by atomic mass is 9.75. The number of hydrogen-bond donors (Lipinski definition) is 1. The number of rotatable bonds is 3. The standard InChI is InChI=1S/C17H29N3/c1-12-10-13(2)19-16(15(12)11-18)20(5)14-6-8-17(3,4)9-7-14/h10,14H,6-9,11,18H2,1-5H3. The molecule has 0 aliphatic heterocycles. The van der Waals surface area contributed by atoms with Crippen molar-refractivity contribution in [2.24, 2.45) is 11.1 Å². The van der Waals surface area contributed by atoms with Gasteiger partial charge in [0.05, 0.1) is 0 Å². The Morgan fingerprint density at radius 2 is 1.90 bits per heavy atom. The van der Waals surface area contributed by atoms with Crippen molar-refractivity contribution in [2.45, 2.75) is 66.0 Å². The van der Waals surface area contributed by atoms with Crippen LogP contribution in [-0.2, 0) is 6.54 Å². The Balaban J connectivity index is 2.23. The normalized spacial score (nSPS) is 19.1. The van der Waals surface area contributed by atoms with E-state index in [-0.39, 0.29) is 0 Å². The fraction of sp³-hybridized carbons (Fsp3) is 0.706. The molecular weight excluding hydrogens is 246 g/mol. The minimum Gasteiger partial charge on any atom is -0.356 e. The fourth-order valence-corrected chi connectivity index (χ4v) is 3.33. The van der Waals surface area contributed by atoms with Crippen molar-refractivity contribution in [3.05, 3.63) is 22.9 Å². The third-order valence-electron chi connectivity index (χ3n) is 4.85. The van der Waals surface area contributed by atoms with Gasteiger partial charge in [-0.15, -0.1) is 0 Å². The lowest BCUT2D eigenvalue weighted by molar-refractivity contribution is 0.222. The molecule has 2 N–H and O–H groups in total. The summed E-state index contributed by atoms with van der Waals surface area (Å²) in [5.41, 5.74) is 9.99. The predicted molar refractivity (Wildman–Crippen MR) is 86.0 cm³/mol. The van der Waals surface area contributed by atoms with Crippen LogP contribution in [0.2, 0.25) is 0 Å². The van der Waals surface area contributed by atoms with E-state index in [4.69, 9.17) is 10.7 Å². The van der Waals surface area contributed by atoms with Gasteiger partial charge in [-0.25, -0.2) is 4.98 Å². The first-order valence-corrected chi connectivity index (χ1v) is 7.74. The summed E-state index contributed by atoms with van der Waals surface area (Å²) in [5, 5.41) is 0. The number of nitrogens with two attached hydrogens (primary N) is 1. The highest BCUT2D eigenvalue weighted by atomic mass is 15.2. The molecule has 0 atom stereocenters. The molecule has 2 rings (SSSR count). The molecule has 112 valence electrons. The maximum absolute atomic E-state index is 5.95. The summed E-state index contributed by atoms with van der Waals surface area (Å²) in [6.07, 6.45) is 5.10. The fourth-order valence-electron chi connectivity index (χ4n) is 3.33. The largest absolute Gasteiger partial charge is 0.356 e. The van der Waals surface area contributed by atoms with Crippen LogP contribution in [0.15, 0.2) is 6.07 Å². The van der Waals surface area contributed by atoms with E-state index in [0.29, 0.717) is 18.0 Å². The van der Waals surface area contributed by atoms with Gasteiger partial charge in [-0.05, 0) is 56.6 Å². The number of aryl methyl sites for hydroxylation is 2. The van der Waals surface area contributed by atoms with Gasteiger partial charge in [0.1, 0.15) is 5.82 Å². The number of hydrogen-bond acceptors (Lipinski definition) is 3. The second-order valence-electron chi connectivity index (χ2n) is 7.09. The molecule has 0 aromatic carbocycles. The number of anilines is 1. The first-order chi connectivity index (χ1) is 9.34. The van der Waals surface area contributed by atoms with Crippen molar-refractivity contribution in [1.29, 1.82) is 0 Å². The van der Waals surface area contributed by atoms with Crippen LogP contribution in [0.5, 0.6) is 0 Å². The molecule has 0 saturated heterocycles.